The molecule has 1 amide bonds. The average Bonchev–Trinajstić information content (AvgIpc) is 3.21. The Bertz CT molecular complexity index is 715. The molecule has 3 rings (SSSR count). The lowest BCUT2D eigenvalue weighted by atomic mass is 9.97. The first-order chi connectivity index (χ1) is 14.1. The molecule has 0 aliphatic carbocycles. The van der Waals surface area contributed by atoms with Crippen molar-refractivity contribution in [3.63, 3.8) is 0 Å². The zero-order chi connectivity index (χ0) is 20.8. The molecule has 29 heavy (non-hydrogen) atoms. The second kappa shape index (κ2) is 9.96. The first-order valence-corrected chi connectivity index (χ1v) is 10.5. The predicted octanol–water partition coefficient (Wildman–Crippen LogP) is 2.64. The number of methoxy groups -OCH3 is 2. The molecule has 0 radical (unpaired) electrons. The number of likely N-dealkylation sites (tertiary alicyclic amines) is 2. The van der Waals surface area contributed by atoms with E-state index in [4.69, 9.17) is 14.2 Å². The van der Waals surface area contributed by atoms with Crippen molar-refractivity contribution in [3.8, 4) is 11.5 Å². The van der Waals surface area contributed by atoms with Crippen LogP contribution in [0.1, 0.15) is 44.2 Å². The van der Waals surface area contributed by atoms with Gasteiger partial charge in [0.1, 0.15) is 0 Å². The van der Waals surface area contributed by atoms with E-state index in [2.05, 4.69) is 11.0 Å². The van der Waals surface area contributed by atoms with E-state index in [0.29, 0.717) is 50.6 Å². The lowest BCUT2D eigenvalue weighted by Crippen LogP contribution is -2.45. The highest BCUT2D eigenvalue weighted by Crippen LogP contribution is 2.36. The van der Waals surface area contributed by atoms with E-state index in [1.54, 1.807) is 14.2 Å². The van der Waals surface area contributed by atoms with Crippen molar-refractivity contribution in [2.45, 2.75) is 38.6 Å². The first-order valence-electron chi connectivity index (χ1n) is 10.5. The number of esters is 1. The van der Waals surface area contributed by atoms with E-state index < -0.39 is 0 Å². The zero-order valence-electron chi connectivity index (χ0n) is 17.7. The van der Waals surface area contributed by atoms with Crippen molar-refractivity contribution in [1.29, 1.82) is 0 Å². The fraction of sp³-hybridized carbons (Fsp3) is 0.636. The number of piperidine rings is 1. The van der Waals surface area contributed by atoms with E-state index >= 15 is 0 Å². The lowest BCUT2D eigenvalue weighted by Gasteiger charge is -2.33. The van der Waals surface area contributed by atoms with Crippen LogP contribution in [0.5, 0.6) is 11.5 Å². The van der Waals surface area contributed by atoms with Gasteiger partial charge in [-0.2, -0.15) is 0 Å². The molecule has 1 aromatic carbocycles. The van der Waals surface area contributed by atoms with Crippen LogP contribution in [0.2, 0.25) is 0 Å². The van der Waals surface area contributed by atoms with Gasteiger partial charge in [0, 0.05) is 19.1 Å². The topological polar surface area (TPSA) is 68.3 Å². The predicted molar refractivity (Wildman–Crippen MR) is 109 cm³/mol. The van der Waals surface area contributed by atoms with Crippen molar-refractivity contribution >= 4 is 11.9 Å². The van der Waals surface area contributed by atoms with Gasteiger partial charge in [-0.3, -0.25) is 14.5 Å². The number of carbonyl (C=O) groups is 2. The summed E-state index contributed by atoms with van der Waals surface area (Å²) in [6.45, 7) is 4.79. The largest absolute Gasteiger partial charge is 0.493 e. The number of ether oxygens (including phenoxy) is 3. The summed E-state index contributed by atoms with van der Waals surface area (Å²) in [4.78, 5) is 28.9. The van der Waals surface area contributed by atoms with Crippen molar-refractivity contribution in [2.75, 3.05) is 47.0 Å². The van der Waals surface area contributed by atoms with Crippen molar-refractivity contribution in [2.24, 2.45) is 5.92 Å². The van der Waals surface area contributed by atoms with E-state index in [1.165, 1.54) is 0 Å². The van der Waals surface area contributed by atoms with E-state index in [9.17, 15) is 9.59 Å². The molecule has 2 heterocycles. The van der Waals surface area contributed by atoms with Crippen LogP contribution in [-0.2, 0) is 14.3 Å². The fourth-order valence-corrected chi connectivity index (χ4v) is 4.35. The van der Waals surface area contributed by atoms with E-state index in [1.807, 2.05) is 24.0 Å². The van der Waals surface area contributed by atoms with Crippen LogP contribution in [0.15, 0.2) is 18.2 Å². The van der Waals surface area contributed by atoms with Gasteiger partial charge in [-0.1, -0.05) is 6.07 Å². The van der Waals surface area contributed by atoms with Gasteiger partial charge >= 0.3 is 5.97 Å². The number of rotatable bonds is 7. The highest BCUT2D eigenvalue weighted by atomic mass is 16.5. The molecule has 2 fully saturated rings. The molecule has 1 unspecified atom stereocenters. The van der Waals surface area contributed by atoms with Gasteiger partial charge in [-0.15, -0.1) is 0 Å². The maximum absolute atomic E-state index is 12.9. The molecule has 2 saturated heterocycles. The highest BCUT2D eigenvalue weighted by molar-refractivity contribution is 5.79. The number of carbonyl (C=O) groups excluding carboxylic acids is 2. The van der Waals surface area contributed by atoms with Crippen LogP contribution < -0.4 is 9.47 Å². The Labute approximate surface area is 172 Å². The number of nitrogens with zero attached hydrogens (tertiary/aromatic N) is 2. The Morgan fingerprint density at radius 3 is 2.41 bits per heavy atom. The Morgan fingerprint density at radius 2 is 1.76 bits per heavy atom. The summed E-state index contributed by atoms with van der Waals surface area (Å²) in [7, 11) is 3.26. The SMILES string of the molecule is CCOC(=O)C1CCN(C(=O)CN2CCCC2c2ccc(OC)c(OC)c2)CC1. The Balaban J connectivity index is 1.58. The van der Waals surface area contributed by atoms with Crippen molar-refractivity contribution in [1.82, 2.24) is 9.80 Å². The minimum absolute atomic E-state index is 0.0784. The third-order valence-electron chi connectivity index (χ3n) is 5.96. The maximum atomic E-state index is 12.9. The number of benzene rings is 1. The summed E-state index contributed by atoms with van der Waals surface area (Å²) in [5, 5.41) is 0. The minimum Gasteiger partial charge on any atom is -0.493 e. The molecule has 0 saturated carbocycles. The number of hydrogen-bond acceptors (Lipinski definition) is 6. The van der Waals surface area contributed by atoms with Crippen LogP contribution >= 0.6 is 0 Å². The third-order valence-corrected chi connectivity index (χ3v) is 5.96. The molecular formula is C22H32N2O5. The molecule has 7 heteroatoms. The van der Waals surface area contributed by atoms with Gasteiger partial charge in [0.25, 0.3) is 0 Å². The summed E-state index contributed by atoms with van der Waals surface area (Å²) in [6.07, 6.45) is 3.46. The van der Waals surface area contributed by atoms with Crippen molar-refractivity contribution < 1.29 is 23.8 Å². The molecule has 2 aliphatic heterocycles. The second-order valence-corrected chi connectivity index (χ2v) is 7.65. The molecule has 0 bridgehead atoms. The quantitative estimate of drug-likeness (QED) is 0.651. The summed E-state index contributed by atoms with van der Waals surface area (Å²) in [6, 6.07) is 6.19. The monoisotopic (exact) mass is 404 g/mol. The molecule has 7 nitrogen and oxygen atoms in total. The van der Waals surface area contributed by atoms with E-state index in [0.717, 1.165) is 24.9 Å². The highest BCUT2D eigenvalue weighted by Gasteiger charge is 2.32. The van der Waals surface area contributed by atoms with Crippen LogP contribution in [0.25, 0.3) is 0 Å². The third kappa shape index (κ3) is 5.01. The summed E-state index contributed by atoms with van der Waals surface area (Å²) < 4.78 is 15.9. The van der Waals surface area contributed by atoms with Gasteiger partial charge < -0.3 is 19.1 Å². The molecule has 2 aliphatic rings. The summed E-state index contributed by atoms with van der Waals surface area (Å²) in [5.41, 5.74) is 1.15. The normalized spacial score (nSPS) is 20.5. The molecular weight excluding hydrogens is 372 g/mol. The zero-order valence-corrected chi connectivity index (χ0v) is 17.7. The molecule has 0 aromatic heterocycles. The molecule has 0 N–H and O–H groups in total. The van der Waals surface area contributed by atoms with Crippen LogP contribution in [0.3, 0.4) is 0 Å². The minimum atomic E-state index is -0.132. The van der Waals surface area contributed by atoms with Crippen molar-refractivity contribution in [3.05, 3.63) is 23.8 Å². The fourth-order valence-electron chi connectivity index (χ4n) is 4.35. The standard InChI is InChI=1S/C22H32N2O5/c1-4-29-22(26)16-9-12-23(13-10-16)21(25)15-24-11-5-6-18(24)17-7-8-19(27-2)20(14-17)28-3/h7-8,14,16,18H,4-6,9-13,15H2,1-3H3. The van der Waals surface area contributed by atoms with Gasteiger partial charge in [0.15, 0.2) is 11.5 Å². The first kappa shape index (κ1) is 21.4. The van der Waals surface area contributed by atoms with Gasteiger partial charge in [0.2, 0.25) is 5.91 Å². The average molecular weight is 405 g/mol. The van der Waals surface area contributed by atoms with Crippen LogP contribution in [0, 0.1) is 5.92 Å². The molecule has 1 aromatic rings. The Kier molecular flexibility index (Phi) is 7.36. The van der Waals surface area contributed by atoms with Crippen LogP contribution in [-0.4, -0.2) is 68.7 Å². The number of hydrogen-bond donors (Lipinski definition) is 0. The molecule has 1 atom stereocenters. The van der Waals surface area contributed by atoms with Crippen LogP contribution in [0.4, 0.5) is 0 Å². The van der Waals surface area contributed by atoms with Gasteiger partial charge in [0.05, 0.1) is 33.3 Å². The molecule has 160 valence electrons. The maximum Gasteiger partial charge on any atom is 0.309 e. The van der Waals surface area contributed by atoms with Gasteiger partial charge in [-0.05, 0) is 56.8 Å². The number of amides is 1. The second-order valence-electron chi connectivity index (χ2n) is 7.65. The molecule has 0 spiro atoms. The Hall–Kier alpha value is -2.28. The summed E-state index contributed by atoms with van der Waals surface area (Å²) >= 11 is 0. The van der Waals surface area contributed by atoms with Gasteiger partial charge in [-0.25, -0.2) is 0 Å². The lowest BCUT2D eigenvalue weighted by molar-refractivity contribution is -0.151. The Morgan fingerprint density at radius 1 is 1.03 bits per heavy atom. The smallest absolute Gasteiger partial charge is 0.309 e. The van der Waals surface area contributed by atoms with E-state index in [-0.39, 0.29) is 23.8 Å². The summed E-state index contributed by atoms with van der Waals surface area (Å²) in [5.74, 6) is 1.35.